The molecule has 0 unspecified atom stereocenters. The minimum Gasteiger partial charge on any atom is -0.386 e. The summed E-state index contributed by atoms with van der Waals surface area (Å²) in [5.74, 6) is -2.93. The van der Waals surface area contributed by atoms with Crippen LogP contribution in [0.25, 0.3) is 0 Å². The number of carbonyl (C=O) groups is 6. The molecule has 2 aliphatic rings. The van der Waals surface area contributed by atoms with Crippen LogP contribution in [0, 0.1) is 0 Å². The van der Waals surface area contributed by atoms with Gasteiger partial charge in [0.2, 0.25) is 0 Å². The highest BCUT2D eigenvalue weighted by atomic mass is 35.5. The van der Waals surface area contributed by atoms with Crippen LogP contribution in [-0.4, -0.2) is 34.9 Å². The van der Waals surface area contributed by atoms with Gasteiger partial charge in [0.1, 0.15) is 0 Å². The van der Waals surface area contributed by atoms with Crippen LogP contribution in [0.5, 0.6) is 0 Å². The number of esters is 4. The van der Waals surface area contributed by atoms with Gasteiger partial charge >= 0.3 is 23.9 Å². The van der Waals surface area contributed by atoms with Crippen molar-refractivity contribution in [2.75, 3.05) is 0 Å². The Morgan fingerprint density at radius 3 is 1.50 bits per heavy atom. The second-order valence-electron chi connectivity index (χ2n) is 5.70. The minimum atomic E-state index is -0.746. The quantitative estimate of drug-likeness (QED) is 0.326. The molecule has 0 spiro atoms. The maximum absolute atomic E-state index is 11.1. The number of ether oxygens (including phenoxy) is 2. The van der Waals surface area contributed by atoms with Crippen molar-refractivity contribution in [1.82, 2.24) is 0 Å². The number of hydrogen-bond acceptors (Lipinski definition) is 8. The molecule has 0 aliphatic carbocycles. The van der Waals surface area contributed by atoms with Gasteiger partial charge in [0.05, 0.1) is 22.3 Å². The molecule has 0 fully saturated rings. The van der Waals surface area contributed by atoms with Crippen LogP contribution < -0.4 is 0 Å². The zero-order valence-corrected chi connectivity index (χ0v) is 14.9. The van der Waals surface area contributed by atoms with E-state index in [-0.39, 0.29) is 33.6 Å². The highest BCUT2D eigenvalue weighted by molar-refractivity contribution is 6.67. The van der Waals surface area contributed by atoms with Crippen LogP contribution in [0.3, 0.4) is 0 Å². The zero-order valence-electron chi connectivity index (χ0n) is 14.1. The van der Waals surface area contributed by atoms with Gasteiger partial charge in [-0.05, 0) is 48.9 Å². The van der Waals surface area contributed by atoms with E-state index in [4.69, 9.17) is 11.6 Å². The smallest absolute Gasteiger partial charge is 0.346 e. The van der Waals surface area contributed by atoms with Crippen LogP contribution in [0.2, 0.25) is 0 Å². The number of hydrogen-bond donors (Lipinski definition) is 0. The number of ketones is 1. The number of benzene rings is 2. The maximum atomic E-state index is 11.1. The molecule has 0 radical (unpaired) electrons. The van der Waals surface area contributed by atoms with Gasteiger partial charge in [0.15, 0.2) is 5.78 Å². The van der Waals surface area contributed by atoms with Crippen molar-refractivity contribution in [3.63, 3.8) is 0 Å². The lowest BCUT2D eigenvalue weighted by atomic mass is 10.0. The molecule has 2 heterocycles. The number of halogens is 1. The van der Waals surface area contributed by atoms with Gasteiger partial charge < -0.3 is 9.47 Å². The Hall–Kier alpha value is -3.65. The lowest BCUT2D eigenvalue weighted by Gasteiger charge is -1.95. The summed E-state index contributed by atoms with van der Waals surface area (Å²) in [6, 6.07) is 8.27. The van der Waals surface area contributed by atoms with E-state index in [0.717, 1.165) is 0 Å². The fourth-order valence-electron chi connectivity index (χ4n) is 2.51. The van der Waals surface area contributed by atoms with Crippen molar-refractivity contribution < 1.29 is 38.2 Å². The Bertz CT molecular complexity index is 1010. The van der Waals surface area contributed by atoms with Crippen LogP contribution in [0.4, 0.5) is 0 Å². The van der Waals surface area contributed by atoms with Crippen molar-refractivity contribution >= 4 is 46.5 Å². The Kier molecular flexibility index (Phi) is 4.89. The summed E-state index contributed by atoms with van der Waals surface area (Å²) in [4.78, 5) is 65.9. The van der Waals surface area contributed by atoms with E-state index in [9.17, 15) is 28.8 Å². The Balaban J connectivity index is 0.000000161. The molecule has 0 bridgehead atoms. The van der Waals surface area contributed by atoms with Gasteiger partial charge in [0.25, 0.3) is 5.24 Å². The summed E-state index contributed by atoms with van der Waals surface area (Å²) in [5.41, 5.74) is 1.20. The predicted molar refractivity (Wildman–Crippen MR) is 92.6 cm³/mol. The standard InChI is InChI=1S/C10H6O4.C9H3ClO4/c1-5(11)6-2-3-7-8(4-6)10(13)14-9(7)12;10-7(11)4-1-2-5-6(3-4)9(13)14-8(5)12/h2-4H,1H3;1-3H. The molecular weight excluding hydrogens is 392 g/mol. The maximum Gasteiger partial charge on any atom is 0.346 e. The molecule has 2 aromatic rings. The van der Waals surface area contributed by atoms with Gasteiger partial charge in [-0.3, -0.25) is 9.59 Å². The summed E-state index contributed by atoms with van der Waals surface area (Å²) in [6.07, 6.45) is 0. The zero-order chi connectivity index (χ0) is 20.6. The second-order valence-corrected chi connectivity index (χ2v) is 6.05. The summed E-state index contributed by atoms with van der Waals surface area (Å²) in [5, 5.41) is -0.681. The first-order chi connectivity index (χ1) is 13.2. The van der Waals surface area contributed by atoms with Crippen LogP contribution in [-0.2, 0) is 9.47 Å². The molecule has 9 heteroatoms. The number of rotatable bonds is 2. The third kappa shape index (κ3) is 3.45. The van der Waals surface area contributed by atoms with E-state index in [1.165, 1.54) is 43.3 Å². The molecule has 2 aliphatic heterocycles. The molecule has 0 saturated heterocycles. The third-order valence-corrected chi connectivity index (χ3v) is 4.14. The average molecular weight is 401 g/mol. The van der Waals surface area contributed by atoms with E-state index in [2.05, 4.69) is 9.47 Å². The molecule has 0 atom stereocenters. The Morgan fingerprint density at radius 2 is 1.07 bits per heavy atom. The number of fused-ring (bicyclic) bond motifs is 2. The van der Waals surface area contributed by atoms with E-state index >= 15 is 0 Å². The van der Waals surface area contributed by atoms with E-state index in [1.54, 1.807) is 0 Å². The fraction of sp³-hybridized carbons (Fsp3) is 0.0526. The van der Waals surface area contributed by atoms with Crippen molar-refractivity contribution in [1.29, 1.82) is 0 Å². The molecule has 4 rings (SSSR count). The molecule has 28 heavy (non-hydrogen) atoms. The number of Topliss-reactive ketones (excluding diaryl/α,β-unsaturated/α-hetero) is 1. The SMILES string of the molecule is CC(=O)c1ccc2c(c1)C(=O)OC2=O.O=C(Cl)c1ccc2c(c1)C(=O)OC2=O. The van der Waals surface area contributed by atoms with Crippen molar-refractivity contribution in [2.24, 2.45) is 0 Å². The summed E-state index contributed by atoms with van der Waals surface area (Å²) in [6.45, 7) is 1.39. The molecular formula is C19H9ClO8. The monoisotopic (exact) mass is 400 g/mol. The topological polar surface area (TPSA) is 121 Å². The van der Waals surface area contributed by atoms with Gasteiger partial charge in [-0.15, -0.1) is 0 Å². The summed E-state index contributed by atoms with van der Waals surface area (Å²) in [7, 11) is 0. The van der Waals surface area contributed by atoms with E-state index in [0.29, 0.717) is 5.56 Å². The fourth-order valence-corrected chi connectivity index (χ4v) is 2.63. The number of carbonyl (C=O) groups excluding carboxylic acids is 6. The molecule has 140 valence electrons. The molecule has 2 aromatic carbocycles. The van der Waals surface area contributed by atoms with Crippen molar-refractivity contribution in [3.05, 3.63) is 69.8 Å². The summed E-state index contributed by atoms with van der Waals surface area (Å²) < 4.78 is 8.71. The lowest BCUT2D eigenvalue weighted by molar-refractivity contribution is 0.0425. The van der Waals surface area contributed by atoms with Crippen LogP contribution >= 0.6 is 11.6 Å². The predicted octanol–water partition coefficient (Wildman–Crippen LogP) is 2.58. The highest BCUT2D eigenvalue weighted by Crippen LogP contribution is 2.22. The lowest BCUT2D eigenvalue weighted by Crippen LogP contribution is -1.98. The highest BCUT2D eigenvalue weighted by Gasteiger charge is 2.30. The van der Waals surface area contributed by atoms with Gasteiger partial charge in [-0.1, -0.05) is 6.07 Å². The summed E-state index contributed by atoms with van der Waals surface area (Å²) >= 11 is 5.21. The minimum absolute atomic E-state index is 0.0847. The first-order valence-electron chi connectivity index (χ1n) is 7.71. The van der Waals surface area contributed by atoms with Gasteiger partial charge in [0, 0.05) is 11.1 Å². The Morgan fingerprint density at radius 1 is 0.679 bits per heavy atom. The van der Waals surface area contributed by atoms with Gasteiger partial charge in [-0.2, -0.15) is 0 Å². The van der Waals surface area contributed by atoms with Crippen LogP contribution in [0.1, 0.15) is 69.1 Å². The first-order valence-corrected chi connectivity index (χ1v) is 8.08. The van der Waals surface area contributed by atoms with Crippen molar-refractivity contribution in [3.8, 4) is 0 Å². The second kappa shape index (κ2) is 7.16. The molecule has 0 N–H and O–H groups in total. The largest absolute Gasteiger partial charge is 0.386 e. The van der Waals surface area contributed by atoms with E-state index in [1.807, 2.05) is 0 Å². The third-order valence-electron chi connectivity index (χ3n) is 3.92. The molecule has 0 aromatic heterocycles. The molecule has 0 amide bonds. The van der Waals surface area contributed by atoms with Crippen LogP contribution in [0.15, 0.2) is 36.4 Å². The van der Waals surface area contributed by atoms with Crippen molar-refractivity contribution in [2.45, 2.75) is 6.92 Å². The first kappa shape index (κ1) is 19.1. The average Bonchev–Trinajstić information content (AvgIpc) is 3.10. The van der Waals surface area contributed by atoms with Gasteiger partial charge in [-0.25, -0.2) is 19.2 Å². The van der Waals surface area contributed by atoms with E-state index < -0.39 is 29.1 Å². The molecule has 0 saturated carbocycles. The normalized spacial score (nSPS) is 13.8. The molecule has 8 nitrogen and oxygen atoms in total. The number of cyclic esters (lactones) is 4. The Labute approximate surface area is 162 Å².